The third kappa shape index (κ3) is 5.94. The number of sulfonamides is 1. The van der Waals surface area contributed by atoms with Crippen molar-refractivity contribution in [3.63, 3.8) is 0 Å². The van der Waals surface area contributed by atoms with Crippen molar-refractivity contribution in [2.24, 2.45) is 0 Å². The number of amides is 1. The van der Waals surface area contributed by atoms with Crippen molar-refractivity contribution < 1.29 is 32.2 Å². The maximum absolute atomic E-state index is 13.2. The highest BCUT2D eigenvalue weighted by Gasteiger charge is 2.29. The van der Waals surface area contributed by atoms with E-state index in [2.05, 4.69) is 4.74 Å². The average molecular weight is 429 g/mol. The smallest absolute Gasteiger partial charge is 0.330 e. The van der Waals surface area contributed by atoms with Gasteiger partial charge in [0, 0.05) is 26.2 Å². The molecule has 0 aliphatic rings. The Morgan fingerprint density at radius 3 is 2.17 bits per heavy atom. The number of carbonyl (C=O) groups is 2. The van der Waals surface area contributed by atoms with Crippen LogP contribution in [0.25, 0.3) is 6.08 Å². The molecule has 9 nitrogen and oxygen atoms in total. The number of hydrogen-bond donors (Lipinski definition) is 0. The van der Waals surface area contributed by atoms with Crippen molar-refractivity contribution in [1.82, 2.24) is 9.21 Å². The molecule has 0 aliphatic carbocycles. The largest absolute Gasteiger partial charge is 0.493 e. The minimum atomic E-state index is -4.10. The molecule has 0 aliphatic heterocycles. The van der Waals surface area contributed by atoms with E-state index in [0.29, 0.717) is 18.7 Å². The molecule has 0 spiro atoms. The van der Waals surface area contributed by atoms with Crippen LogP contribution in [0, 0.1) is 0 Å². The molecule has 1 aromatic carbocycles. The summed E-state index contributed by atoms with van der Waals surface area (Å²) in [5.74, 6) is -0.730. The highest BCUT2D eigenvalue weighted by Crippen LogP contribution is 2.37. The lowest BCUT2D eigenvalue weighted by Gasteiger charge is -2.24. The van der Waals surface area contributed by atoms with E-state index in [1.807, 2.05) is 13.8 Å². The van der Waals surface area contributed by atoms with Gasteiger partial charge in [0.2, 0.25) is 15.9 Å². The molecule has 0 atom stereocenters. The van der Waals surface area contributed by atoms with Crippen LogP contribution in [0.1, 0.15) is 19.4 Å². The van der Waals surface area contributed by atoms with Crippen LogP contribution >= 0.6 is 0 Å². The second-order valence-electron chi connectivity index (χ2n) is 5.94. The number of hydrogen-bond acceptors (Lipinski definition) is 7. The van der Waals surface area contributed by atoms with Gasteiger partial charge in [0.15, 0.2) is 11.5 Å². The van der Waals surface area contributed by atoms with Crippen LogP contribution in [0.15, 0.2) is 23.1 Å². The van der Waals surface area contributed by atoms with Crippen molar-refractivity contribution in [2.75, 3.05) is 48.0 Å². The summed E-state index contributed by atoms with van der Waals surface area (Å²) in [6.45, 7) is 4.28. The zero-order valence-corrected chi connectivity index (χ0v) is 18.4. The van der Waals surface area contributed by atoms with Crippen molar-refractivity contribution in [2.45, 2.75) is 18.7 Å². The van der Waals surface area contributed by atoms with Crippen molar-refractivity contribution in [3.05, 3.63) is 23.8 Å². The molecule has 0 saturated carbocycles. The van der Waals surface area contributed by atoms with Crippen LogP contribution in [-0.2, 0) is 24.3 Å². The molecule has 1 amide bonds. The van der Waals surface area contributed by atoms with Gasteiger partial charge in [-0.2, -0.15) is 4.31 Å². The minimum Gasteiger partial charge on any atom is -0.493 e. The summed E-state index contributed by atoms with van der Waals surface area (Å²) in [6, 6.07) is 2.87. The van der Waals surface area contributed by atoms with Crippen LogP contribution < -0.4 is 9.47 Å². The molecule has 10 heteroatoms. The van der Waals surface area contributed by atoms with Gasteiger partial charge in [-0.25, -0.2) is 13.2 Å². The lowest BCUT2D eigenvalue weighted by Crippen LogP contribution is -2.41. The number of ether oxygens (including phenoxy) is 3. The Kier molecular flexibility index (Phi) is 9.12. The third-order valence-corrected chi connectivity index (χ3v) is 6.05. The first kappa shape index (κ1) is 24.4. The molecule has 1 rings (SSSR count). The Morgan fingerprint density at radius 2 is 1.69 bits per heavy atom. The fraction of sp³-hybridized carbons (Fsp3) is 0.474. The first-order chi connectivity index (χ1) is 13.7. The van der Waals surface area contributed by atoms with Gasteiger partial charge < -0.3 is 19.1 Å². The van der Waals surface area contributed by atoms with Crippen LogP contribution in [0.2, 0.25) is 0 Å². The second kappa shape index (κ2) is 10.8. The van der Waals surface area contributed by atoms with E-state index < -0.39 is 16.0 Å². The van der Waals surface area contributed by atoms with E-state index in [0.717, 1.165) is 10.4 Å². The number of likely N-dealkylation sites (N-methyl/N-ethyl adjacent to an activating group) is 2. The highest BCUT2D eigenvalue weighted by molar-refractivity contribution is 7.89. The summed E-state index contributed by atoms with van der Waals surface area (Å²) in [4.78, 5) is 25.1. The molecular weight excluding hydrogens is 400 g/mol. The van der Waals surface area contributed by atoms with E-state index in [1.165, 1.54) is 46.6 Å². The first-order valence-corrected chi connectivity index (χ1v) is 10.4. The summed E-state index contributed by atoms with van der Waals surface area (Å²) in [5.41, 5.74) is 0.384. The van der Waals surface area contributed by atoms with Gasteiger partial charge >= 0.3 is 5.97 Å². The maximum Gasteiger partial charge on any atom is 0.330 e. The van der Waals surface area contributed by atoms with E-state index in [-0.39, 0.29) is 28.8 Å². The highest BCUT2D eigenvalue weighted by atomic mass is 32.2. The fourth-order valence-corrected chi connectivity index (χ4v) is 3.91. The van der Waals surface area contributed by atoms with Gasteiger partial charge in [0.25, 0.3) is 0 Å². The Balaban J connectivity index is 3.42. The van der Waals surface area contributed by atoms with Crippen molar-refractivity contribution in [1.29, 1.82) is 0 Å². The standard InChI is InChI=1S/C19H28N2O7S/c1-7-21(8-2)17(22)13-20(3)29(24,25)16-12-14(9-10-18(23)27-5)11-15(26-4)19(16)28-6/h9-12H,7-8,13H2,1-6H3/b10-9+. The minimum absolute atomic E-state index is 0.00450. The molecule has 0 radical (unpaired) electrons. The van der Waals surface area contributed by atoms with E-state index in [4.69, 9.17) is 9.47 Å². The number of benzene rings is 1. The van der Waals surface area contributed by atoms with Gasteiger partial charge in [0.1, 0.15) is 4.90 Å². The summed E-state index contributed by atoms with van der Waals surface area (Å²) in [7, 11) is 1.15. The SMILES string of the molecule is CCN(CC)C(=O)CN(C)S(=O)(=O)c1cc(/C=C/C(=O)OC)cc(OC)c1OC. The molecule has 0 fully saturated rings. The molecule has 0 bridgehead atoms. The molecule has 162 valence electrons. The van der Waals surface area contributed by atoms with Gasteiger partial charge in [-0.05, 0) is 37.6 Å². The van der Waals surface area contributed by atoms with Crippen LogP contribution in [-0.4, -0.2) is 77.5 Å². The predicted molar refractivity (Wildman–Crippen MR) is 108 cm³/mol. The zero-order chi connectivity index (χ0) is 22.2. The van der Waals surface area contributed by atoms with Crippen molar-refractivity contribution >= 4 is 28.0 Å². The Labute approximate surface area is 171 Å². The quantitative estimate of drug-likeness (QED) is 0.410. The third-order valence-electron chi connectivity index (χ3n) is 4.24. The Morgan fingerprint density at radius 1 is 1.07 bits per heavy atom. The Hall–Kier alpha value is -2.59. The van der Waals surface area contributed by atoms with Gasteiger partial charge in [0.05, 0.1) is 27.9 Å². The molecule has 0 unspecified atom stereocenters. The molecule has 0 saturated heterocycles. The van der Waals surface area contributed by atoms with Crippen LogP contribution in [0.4, 0.5) is 0 Å². The Bertz CT molecular complexity index is 862. The predicted octanol–water partition coefficient (Wildman–Crippen LogP) is 1.38. The topological polar surface area (TPSA) is 102 Å². The number of nitrogens with zero attached hydrogens (tertiary/aromatic N) is 2. The van der Waals surface area contributed by atoms with Gasteiger partial charge in [-0.15, -0.1) is 0 Å². The maximum atomic E-state index is 13.2. The van der Waals surface area contributed by atoms with Gasteiger partial charge in [-0.1, -0.05) is 0 Å². The van der Waals surface area contributed by atoms with E-state index in [1.54, 1.807) is 4.90 Å². The molecule has 0 aromatic heterocycles. The second-order valence-corrected chi connectivity index (χ2v) is 7.95. The molecule has 1 aromatic rings. The summed E-state index contributed by atoms with van der Waals surface area (Å²) >= 11 is 0. The zero-order valence-electron chi connectivity index (χ0n) is 17.6. The molecular formula is C19H28N2O7S. The fourth-order valence-electron chi connectivity index (χ4n) is 2.59. The number of rotatable bonds is 10. The molecule has 0 heterocycles. The summed E-state index contributed by atoms with van der Waals surface area (Å²) in [6.07, 6.45) is 2.55. The molecule has 0 N–H and O–H groups in total. The van der Waals surface area contributed by atoms with Crippen LogP contribution in [0.5, 0.6) is 11.5 Å². The molecule has 29 heavy (non-hydrogen) atoms. The van der Waals surface area contributed by atoms with E-state index >= 15 is 0 Å². The monoisotopic (exact) mass is 428 g/mol. The summed E-state index contributed by atoms with van der Waals surface area (Å²) in [5, 5.41) is 0. The summed E-state index contributed by atoms with van der Waals surface area (Å²) < 4.78 is 42.3. The van der Waals surface area contributed by atoms with Gasteiger partial charge in [-0.3, -0.25) is 4.79 Å². The lowest BCUT2D eigenvalue weighted by molar-refractivity contribution is -0.134. The van der Waals surface area contributed by atoms with Crippen molar-refractivity contribution in [3.8, 4) is 11.5 Å². The normalized spacial score (nSPS) is 11.6. The van der Waals surface area contributed by atoms with Crippen LogP contribution in [0.3, 0.4) is 0 Å². The number of esters is 1. The average Bonchev–Trinajstić information content (AvgIpc) is 2.71. The van der Waals surface area contributed by atoms with E-state index in [9.17, 15) is 18.0 Å². The lowest BCUT2D eigenvalue weighted by atomic mass is 10.2. The number of carbonyl (C=O) groups excluding carboxylic acids is 2. The number of methoxy groups -OCH3 is 3. The first-order valence-electron chi connectivity index (χ1n) is 8.92.